The first-order valence-electron chi connectivity index (χ1n) is 7.68. The van der Waals surface area contributed by atoms with Crippen LogP contribution in [0.1, 0.15) is 0 Å². The van der Waals surface area contributed by atoms with Gasteiger partial charge in [0, 0.05) is 15.1 Å². The summed E-state index contributed by atoms with van der Waals surface area (Å²) >= 11 is 18.2. The van der Waals surface area contributed by atoms with E-state index in [1.165, 1.54) is 15.9 Å². The second kappa shape index (κ2) is 10.8. The van der Waals surface area contributed by atoms with Gasteiger partial charge in [-0.2, -0.15) is 0 Å². The Kier molecular flexibility index (Phi) is 9.60. The molecular weight excluding hydrogens is 563 g/mol. The molecule has 0 radical (unpaired) electrons. The summed E-state index contributed by atoms with van der Waals surface area (Å²) in [5, 5.41) is 6.04. The van der Waals surface area contributed by atoms with Crippen molar-refractivity contribution in [3.05, 3.63) is 87.9 Å². The van der Waals surface area contributed by atoms with Crippen LogP contribution in [-0.4, -0.2) is 6.66 Å². The fourth-order valence-corrected chi connectivity index (χ4v) is 6.17. The summed E-state index contributed by atoms with van der Waals surface area (Å²) in [6, 6.07) is 24.3. The fraction of sp³-hybridized carbons (Fsp3) is 0.0526. The van der Waals surface area contributed by atoms with Gasteiger partial charge in [0.2, 0.25) is 0 Å². The molecule has 0 aliphatic heterocycles. The molecule has 0 N–H and O–H groups in total. The third-order valence-corrected chi connectivity index (χ3v) is 8.78. The maximum atomic E-state index is 6.07. The van der Waals surface area contributed by atoms with Gasteiger partial charge in [0.25, 0.3) is 0 Å². The van der Waals surface area contributed by atoms with Crippen LogP contribution >= 0.6 is 82.5 Å². The van der Waals surface area contributed by atoms with Gasteiger partial charge >= 0.3 is 49.6 Å². The summed E-state index contributed by atoms with van der Waals surface area (Å²) in [4.78, 5) is 0. The van der Waals surface area contributed by atoms with E-state index in [9.17, 15) is 0 Å². The predicted molar refractivity (Wildman–Crippen MR) is 130 cm³/mol. The van der Waals surface area contributed by atoms with Crippen molar-refractivity contribution < 1.29 is 9.20 Å². The molecule has 0 saturated heterocycles. The summed E-state index contributed by atoms with van der Waals surface area (Å²) in [5.74, 6) is 0. The molecule has 3 aromatic carbocycles. The number of benzene rings is 3. The zero-order valence-electron chi connectivity index (χ0n) is 14.4. The standard InChI is InChI=1S/C19H15Cl3P.4ClH.Fe/c1-23(17-8-2-14(20)3-9-17,18-10-4-15(21)5-11-18)19-12-6-16(22)7-13-19;;;;;/h2-13H,1H3;4*1H;/q+1;;;;;+3/p-4. The Labute approximate surface area is 200 Å². The third-order valence-electron chi connectivity index (χ3n) is 4.03. The van der Waals surface area contributed by atoms with Gasteiger partial charge in [0.1, 0.15) is 23.2 Å². The predicted octanol–water partition coefficient (Wildman–Crippen LogP) is 8.33. The van der Waals surface area contributed by atoms with Gasteiger partial charge in [-0.1, -0.05) is 34.8 Å². The Morgan fingerprint density at radius 3 is 0.857 bits per heavy atom. The molecule has 153 valence electrons. The van der Waals surface area contributed by atoms with E-state index >= 15 is 0 Å². The summed E-state index contributed by atoms with van der Waals surface area (Å²) < 4.78 is 0. The Hall–Kier alpha value is 0.639. The molecule has 0 saturated carbocycles. The van der Waals surface area contributed by atoms with E-state index in [0.29, 0.717) is 0 Å². The van der Waals surface area contributed by atoms with Crippen molar-refractivity contribution in [2.75, 3.05) is 6.66 Å². The Bertz CT molecular complexity index is 775. The van der Waals surface area contributed by atoms with E-state index in [0.717, 1.165) is 15.1 Å². The molecule has 0 atom stereocenters. The van der Waals surface area contributed by atoms with E-state index in [1.807, 2.05) is 36.4 Å². The number of halogens is 7. The Morgan fingerprint density at radius 1 is 0.500 bits per heavy atom. The van der Waals surface area contributed by atoms with Crippen LogP contribution in [0.2, 0.25) is 15.1 Å². The number of hydrogen-bond acceptors (Lipinski definition) is 0. The number of hydrogen-bond donors (Lipinski definition) is 0. The topological polar surface area (TPSA) is 0 Å². The summed E-state index contributed by atoms with van der Waals surface area (Å²) in [7, 11) is 15.4. The molecule has 0 amide bonds. The minimum atomic E-state index is -2.61. The SMILES string of the molecule is C[P+](c1ccc(Cl)cc1)(c1ccc(Cl)cc1)c1ccc(Cl)cc1.[Cl][Fe-]([Cl])([Cl])[Cl]. The molecule has 3 aromatic rings. The van der Waals surface area contributed by atoms with Crippen molar-refractivity contribution in [1.82, 2.24) is 0 Å². The average Bonchev–Trinajstić information content (AvgIpc) is 2.61. The summed E-state index contributed by atoms with van der Waals surface area (Å²) in [6.45, 7) is 2.31. The van der Waals surface area contributed by atoms with E-state index in [-0.39, 0.29) is 0 Å². The second-order valence-electron chi connectivity index (χ2n) is 5.74. The Morgan fingerprint density at radius 2 is 0.679 bits per heavy atom. The molecule has 0 spiro atoms. The van der Waals surface area contributed by atoms with Gasteiger partial charge in [-0.3, -0.25) is 0 Å². The van der Waals surface area contributed by atoms with Crippen LogP contribution in [0.15, 0.2) is 72.8 Å². The van der Waals surface area contributed by atoms with Crippen LogP contribution < -0.4 is 15.9 Å². The van der Waals surface area contributed by atoms with E-state index < -0.39 is 16.5 Å². The third kappa shape index (κ3) is 7.40. The molecule has 0 aromatic heterocycles. The van der Waals surface area contributed by atoms with Crippen LogP contribution in [0.3, 0.4) is 0 Å². The normalized spacial score (nSPS) is 12.1. The van der Waals surface area contributed by atoms with Gasteiger partial charge < -0.3 is 0 Å². The minimum absolute atomic E-state index is 0.743. The maximum absolute atomic E-state index is 6.07. The molecule has 28 heavy (non-hydrogen) atoms. The molecule has 0 heterocycles. The van der Waals surface area contributed by atoms with Gasteiger partial charge in [-0.25, -0.2) is 0 Å². The fourth-order valence-electron chi connectivity index (χ4n) is 2.66. The molecule has 0 bridgehead atoms. The van der Waals surface area contributed by atoms with Crippen molar-refractivity contribution in [1.29, 1.82) is 0 Å². The first-order chi connectivity index (χ1) is 13.0. The molecule has 0 fully saturated rings. The number of rotatable bonds is 3. The molecule has 0 aliphatic rings. The van der Waals surface area contributed by atoms with E-state index in [2.05, 4.69) is 43.1 Å². The summed E-state index contributed by atoms with van der Waals surface area (Å²) in [5.41, 5.74) is 0. The molecular formula is C19H15Cl7FeP. The van der Waals surface area contributed by atoms with Crippen LogP contribution in [0, 0.1) is 0 Å². The van der Waals surface area contributed by atoms with Gasteiger partial charge in [0.15, 0.2) is 0 Å². The van der Waals surface area contributed by atoms with E-state index in [4.69, 9.17) is 75.2 Å². The molecule has 0 unspecified atom stereocenters. The monoisotopic (exact) mass is 575 g/mol. The van der Waals surface area contributed by atoms with Gasteiger partial charge in [-0.15, -0.1) is 0 Å². The Balaban J connectivity index is 0.000000500. The van der Waals surface area contributed by atoms with Crippen LogP contribution in [0.4, 0.5) is 0 Å². The van der Waals surface area contributed by atoms with Crippen LogP contribution in [-0.2, 0) is 9.20 Å². The van der Waals surface area contributed by atoms with Crippen molar-refractivity contribution in [2.45, 2.75) is 0 Å². The van der Waals surface area contributed by atoms with Crippen molar-refractivity contribution in [3.63, 3.8) is 0 Å². The van der Waals surface area contributed by atoms with Gasteiger partial charge in [-0.05, 0) is 72.8 Å². The second-order valence-corrected chi connectivity index (χ2v) is 21.6. The van der Waals surface area contributed by atoms with Crippen molar-refractivity contribution in [3.8, 4) is 0 Å². The quantitative estimate of drug-likeness (QED) is 0.217. The molecule has 3 rings (SSSR count). The van der Waals surface area contributed by atoms with Gasteiger partial charge in [0.05, 0.1) is 6.66 Å². The molecule has 0 nitrogen and oxygen atoms in total. The van der Waals surface area contributed by atoms with E-state index in [1.54, 1.807) is 0 Å². The first-order valence-corrected chi connectivity index (χ1v) is 17.1. The zero-order valence-corrected chi connectivity index (χ0v) is 21.7. The average molecular weight is 578 g/mol. The first kappa shape index (κ1) is 24.9. The molecule has 9 heteroatoms. The zero-order chi connectivity index (χ0) is 20.9. The van der Waals surface area contributed by atoms with Crippen LogP contribution in [0.5, 0.6) is 0 Å². The van der Waals surface area contributed by atoms with Crippen molar-refractivity contribution in [2.24, 2.45) is 0 Å². The summed E-state index contributed by atoms with van der Waals surface area (Å²) in [6.07, 6.45) is 0. The van der Waals surface area contributed by atoms with Crippen molar-refractivity contribution >= 4 is 98.4 Å². The van der Waals surface area contributed by atoms with Crippen LogP contribution in [0.25, 0.3) is 0 Å². The molecule has 0 aliphatic carbocycles.